The van der Waals surface area contributed by atoms with Gasteiger partial charge in [-0.1, -0.05) is 40.0 Å². The van der Waals surface area contributed by atoms with E-state index in [0.29, 0.717) is 12.4 Å². The van der Waals surface area contributed by atoms with Crippen molar-refractivity contribution in [3.63, 3.8) is 0 Å². The van der Waals surface area contributed by atoms with E-state index in [4.69, 9.17) is 30.5 Å². The standard InChI is InChI=1S/C21H41N3O5.C2HF3O2/c1-20(2,3)12-10-13-24-19(27)29-16-21(4,15-25)18(26)28-14-9-7-5-6-8-11-17(22)23;3-2(4,5)1(6)7/h25H,5-16H2,1-4H3,(H3,22,23)(H,24,27);(H,6,7). The summed E-state index contributed by atoms with van der Waals surface area (Å²) in [6.45, 7) is 8.03. The van der Waals surface area contributed by atoms with Crippen LogP contribution in [0.15, 0.2) is 0 Å². The van der Waals surface area contributed by atoms with Crippen LogP contribution < -0.4 is 21.6 Å². The molecule has 0 saturated heterocycles. The van der Waals surface area contributed by atoms with E-state index in [9.17, 15) is 27.9 Å². The molecular formula is C23H42F3N3O7. The third kappa shape index (κ3) is 20.8. The van der Waals surface area contributed by atoms with Crippen molar-refractivity contribution in [2.24, 2.45) is 16.6 Å². The lowest BCUT2D eigenvalue weighted by Crippen LogP contribution is -2.45. The number of alkyl halides is 3. The molecule has 0 aromatic heterocycles. The summed E-state index contributed by atoms with van der Waals surface area (Å²) in [6.07, 6.45) is 1.43. The number of hydrogen-bond acceptors (Lipinski definition) is 7. The Labute approximate surface area is 210 Å². The van der Waals surface area contributed by atoms with Crippen molar-refractivity contribution in [2.45, 2.75) is 85.2 Å². The zero-order valence-corrected chi connectivity index (χ0v) is 21.7. The molecule has 36 heavy (non-hydrogen) atoms. The summed E-state index contributed by atoms with van der Waals surface area (Å²) in [5.41, 5.74) is 4.36. The monoisotopic (exact) mass is 529 g/mol. The van der Waals surface area contributed by atoms with Gasteiger partial charge in [0.25, 0.3) is 0 Å². The normalized spacial score (nSPS) is 13.0. The van der Waals surface area contributed by atoms with Crippen LogP contribution in [0.2, 0.25) is 0 Å². The number of ether oxygens (including phenoxy) is 2. The summed E-state index contributed by atoms with van der Waals surface area (Å²) < 4.78 is 41.9. The van der Waals surface area contributed by atoms with Gasteiger partial charge in [0.1, 0.15) is 18.0 Å². The summed E-state index contributed by atoms with van der Waals surface area (Å²) in [5, 5.41) is 26.4. The number of hydrogen-bond donors (Lipinski definition) is 4. The van der Waals surface area contributed by atoms with Gasteiger partial charge in [-0.2, -0.15) is 13.2 Å². The lowest BCUT2D eigenvalue weighted by atomic mass is 9.91. The summed E-state index contributed by atoms with van der Waals surface area (Å²) >= 11 is 0. The molecule has 0 fully saturated rings. The van der Waals surface area contributed by atoms with Crippen LogP contribution in [-0.4, -0.2) is 61.5 Å². The van der Waals surface area contributed by atoms with Crippen LogP contribution in [-0.2, 0) is 19.1 Å². The second-order valence-corrected chi connectivity index (χ2v) is 9.90. The number of aliphatic hydroxyl groups excluding tert-OH is 1. The number of aliphatic carboxylic acids is 1. The number of nitrogens with two attached hydrogens (primary N) is 2. The van der Waals surface area contributed by atoms with Gasteiger partial charge in [-0.3, -0.25) is 15.9 Å². The van der Waals surface area contributed by atoms with Crippen molar-refractivity contribution in [1.29, 1.82) is 0 Å². The van der Waals surface area contributed by atoms with Gasteiger partial charge in [0, 0.05) is 13.0 Å². The predicted molar refractivity (Wildman–Crippen MR) is 124 cm³/mol. The van der Waals surface area contributed by atoms with Gasteiger partial charge < -0.3 is 29.8 Å². The maximum absolute atomic E-state index is 12.3. The number of carbonyl (C=O) groups excluding carboxylic acids is 3. The molecular weight excluding hydrogens is 487 g/mol. The molecule has 0 aliphatic carbocycles. The highest BCUT2D eigenvalue weighted by Gasteiger charge is 2.36. The number of alkyl carbamates (subject to hydrolysis) is 1. The van der Waals surface area contributed by atoms with E-state index >= 15 is 0 Å². The average molecular weight is 530 g/mol. The number of carboxylic acid groups (broad SMARTS) is 1. The maximum Gasteiger partial charge on any atom is 0.430 e. The van der Waals surface area contributed by atoms with E-state index in [-0.39, 0.29) is 18.6 Å². The zero-order valence-electron chi connectivity index (χ0n) is 21.7. The van der Waals surface area contributed by atoms with Crippen LogP contribution in [0.4, 0.5) is 18.0 Å². The third-order valence-corrected chi connectivity index (χ3v) is 4.81. The molecule has 0 aromatic rings. The van der Waals surface area contributed by atoms with Crippen LogP contribution in [0.1, 0.15) is 79.1 Å². The van der Waals surface area contributed by atoms with Crippen molar-refractivity contribution in [2.75, 3.05) is 26.4 Å². The highest BCUT2D eigenvalue weighted by Crippen LogP contribution is 2.20. The molecule has 0 saturated carbocycles. The van der Waals surface area contributed by atoms with E-state index in [1.165, 1.54) is 6.92 Å². The molecule has 0 bridgehead atoms. The van der Waals surface area contributed by atoms with Gasteiger partial charge in [-0.15, -0.1) is 0 Å². The van der Waals surface area contributed by atoms with Crippen molar-refractivity contribution in [3.05, 3.63) is 0 Å². The topological polar surface area (TPSA) is 177 Å². The highest BCUT2D eigenvalue weighted by molar-refractivity contribution is 5.77. The van der Waals surface area contributed by atoms with Crippen LogP contribution >= 0.6 is 0 Å². The Morgan fingerprint density at radius 1 is 0.972 bits per heavy atom. The van der Waals surface area contributed by atoms with Crippen LogP contribution in [0, 0.1) is 10.8 Å². The van der Waals surface area contributed by atoms with Crippen LogP contribution in [0.5, 0.6) is 0 Å². The van der Waals surface area contributed by atoms with Crippen molar-refractivity contribution in [3.8, 4) is 0 Å². The number of halogens is 3. The largest absolute Gasteiger partial charge is 0.542 e. The Bertz CT molecular complexity index is 683. The van der Waals surface area contributed by atoms with Crippen molar-refractivity contribution in [1.82, 2.24) is 5.32 Å². The molecule has 0 radical (unpaired) electrons. The second-order valence-electron chi connectivity index (χ2n) is 9.90. The number of amides is 1. The fraction of sp³-hybridized carbons (Fsp3) is 0.826. The first-order chi connectivity index (χ1) is 16.4. The Kier molecular flexibility index (Phi) is 17.6. The fourth-order valence-corrected chi connectivity index (χ4v) is 2.55. The number of rotatable bonds is 15. The predicted octanol–water partition coefficient (Wildman–Crippen LogP) is 0.836. The molecule has 0 rings (SSSR count). The average Bonchev–Trinajstić information content (AvgIpc) is 2.75. The molecule has 13 heteroatoms. The van der Waals surface area contributed by atoms with Gasteiger partial charge in [-0.25, -0.2) is 4.79 Å². The molecule has 10 nitrogen and oxygen atoms in total. The number of amidine groups is 1. The van der Waals surface area contributed by atoms with Gasteiger partial charge >= 0.3 is 18.2 Å². The summed E-state index contributed by atoms with van der Waals surface area (Å²) in [5.74, 6) is -3.11. The maximum atomic E-state index is 12.3. The van der Waals surface area contributed by atoms with Crippen molar-refractivity contribution < 1.29 is 52.7 Å². The summed E-state index contributed by atoms with van der Waals surface area (Å²) in [7, 11) is 0. The van der Waals surface area contributed by atoms with E-state index in [1.54, 1.807) is 0 Å². The lowest BCUT2D eigenvalue weighted by molar-refractivity contribution is -0.344. The summed E-state index contributed by atoms with van der Waals surface area (Å²) in [6, 6.07) is 0. The number of unbranched alkanes of at least 4 members (excludes halogenated alkanes) is 4. The molecule has 212 valence electrons. The quantitative estimate of drug-likeness (QED) is 0.104. The molecule has 0 aliphatic heterocycles. The first-order valence-electron chi connectivity index (χ1n) is 11.8. The molecule has 0 aliphatic rings. The van der Waals surface area contributed by atoms with Gasteiger partial charge in [0.05, 0.1) is 13.2 Å². The first-order valence-corrected chi connectivity index (χ1v) is 11.8. The van der Waals surface area contributed by atoms with Crippen LogP contribution in [0.25, 0.3) is 0 Å². The molecule has 6 N–H and O–H groups in total. The Hall–Kier alpha value is -2.57. The Morgan fingerprint density at radius 3 is 1.97 bits per heavy atom. The number of nitrogens with one attached hydrogen (secondary N) is 1. The molecule has 0 aromatic carbocycles. The van der Waals surface area contributed by atoms with Gasteiger partial charge in [-0.05, 0) is 38.0 Å². The van der Waals surface area contributed by atoms with E-state index in [2.05, 4.69) is 26.1 Å². The molecule has 1 atom stereocenters. The molecule has 0 heterocycles. The number of carboxylic acids is 1. The highest BCUT2D eigenvalue weighted by atomic mass is 19.4. The molecule has 0 spiro atoms. The minimum Gasteiger partial charge on any atom is -0.542 e. The smallest absolute Gasteiger partial charge is 0.430 e. The zero-order chi connectivity index (χ0) is 28.4. The fourth-order valence-electron chi connectivity index (χ4n) is 2.55. The van der Waals surface area contributed by atoms with E-state index in [1.807, 2.05) is 0 Å². The third-order valence-electron chi connectivity index (χ3n) is 4.81. The van der Waals surface area contributed by atoms with Crippen LogP contribution in [0.3, 0.4) is 0 Å². The lowest BCUT2D eigenvalue weighted by Gasteiger charge is -2.24. The Morgan fingerprint density at radius 2 is 1.50 bits per heavy atom. The number of carbonyl (C=O) groups is 3. The number of esters is 1. The minimum absolute atomic E-state index is 0.210. The Balaban J connectivity index is 0. The van der Waals surface area contributed by atoms with Crippen molar-refractivity contribution >= 4 is 23.9 Å². The molecule has 1 unspecified atom stereocenters. The molecule has 1 amide bonds. The second kappa shape index (κ2) is 17.8. The van der Waals surface area contributed by atoms with E-state index in [0.717, 1.165) is 51.4 Å². The van der Waals surface area contributed by atoms with Gasteiger partial charge in [0.2, 0.25) is 5.84 Å². The minimum atomic E-state index is -5.19. The first kappa shape index (κ1) is 35.6. The SMILES string of the molecule is CC(C)(C)CCCNC(=O)OCC(C)(CO)C(=O)OCCCCCCCC(N)=[NH2+].O=C([O-])C(F)(F)F. The van der Waals surface area contributed by atoms with Gasteiger partial charge in [0.15, 0.2) is 0 Å². The van der Waals surface area contributed by atoms with E-state index < -0.39 is 36.2 Å². The summed E-state index contributed by atoms with van der Waals surface area (Å²) in [4.78, 5) is 32.8. The number of aliphatic hydroxyl groups is 1.